The van der Waals surface area contributed by atoms with Crippen LogP contribution < -0.4 is 5.32 Å². The van der Waals surface area contributed by atoms with Crippen molar-refractivity contribution >= 4 is 17.4 Å². The molecule has 0 saturated heterocycles. The first-order chi connectivity index (χ1) is 11.7. The van der Waals surface area contributed by atoms with E-state index in [1.54, 1.807) is 0 Å². The fraction of sp³-hybridized carbons (Fsp3) is 0.333. The van der Waals surface area contributed by atoms with Crippen molar-refractivity contribution < 1.29 is 4.79 Å². The molecule has 25 heavy (non-hydrogen) atoms. The Balaban J connectivity index is 2.09. The lowest BCUT2D eigenvalue weighted by Crippen LogP contribution is -2.20. The van der Waals surface area contributed by atoms with Crippen LogP contribution in [0.5, 0.6) is 0 Å². The molecule has 4 nitrogen and oxygen atoms in total. The van der Waals surface area contributed by atoms with E-state index >= 15 is 0 Å². The maximum absolute atomic E-state index is 12.5. The highest BCUT2D eigenvalue weighted by molar-refractivity contribution is 5.95. The van der Waals surface area contributed by atoms with Gasteiger partial charge in [0.25, 0.3) is 0 Å². The Labute approximate surface area is 148 Å². The molecule has 3 aromatic rings. The highest BCUT2D eigenvalue weighted by Crippen LogP contribution is 2.30. The monoisotopic (exact) mass is 335 g/mol. The van der Waals surface area contributed by atoms with Gasteiger partial charge in [0.1, 0.15) is 17.2 Å². The first kappa shape index (κ1) is 17.2. The van der Waals surface area contributed by atoms with Gasteiger partial charge in [0.15, 0.2) is 0 Å². The Morgan fingerprint density at radius 2 is 1.68 bits per heavy atom. The zero-order valence-electron chi connectivity index (χ0n) is 15.6. The molecule has 0 spiro atoms. The third kappa shape index (κ3) is 3.90. The van der Waals surface area contributed by atoms with Gasteiger partial charge in [-0.1, -0.05) is 56.7 Å². The molecule has 0 aliphatic rings. The summed E-state index contributed by atoms with van der Waals surface area (Å²) < 4.78 is 1.96. The molecule has 0 bridgehead atoms. The Kier molecular flexibility index (Phi) is 4.38. The summed E-state index contributed by atoms with van der Waals surface area (Å²) in [7, 11) is 0. The zero-order valence-corrected chi connectivity index (χ0v) is 15.6. The van der Waals surface area contributed by atoms with Crippen LogP contribution in [0.15, 0.2) is 42.6 Å². The average Bonchev–Trinajstić information content (AvgIpc) is 2.84. The minimum absolute atomic E-state index is 0.00386. The highest BCUT2D eigenvalue weighted by Gasteiger charge is 2.20. The van der Waals surface area contributed by atoms with Crippen LogP contribution in [0.25, 0.3) is 16.9 Å². The van der Waals surface area contributed by atoms with Gasteiger partial charge < -0.3 is 5.32 Å². The molecule has 1 aromatic carbocycles. The number of benzene rings is 1. The number of anilines is 1. The van der Waals surface area contributed by atoms with Gasteiger partial charge in [0, 0.05) is 18.2 Å². The topological polar surface area (TPSA) is 46.4 Å². The number of amides is 1. The maximum atomic E-state index is 12.5. The molecule has 0 fully saturated rings. The molecule has 0 aliphatic heterocycles. The second-order valence-electron chi connectivity index (χ2n) is 7.90. The van der Waals surface area contributed by atoms with E-state index in [0.29, 0.717) is 6.42 Å². The van der Waals surface area contributed by atoms with Gasteiger partial charge in [-0.25, -0.2) is 4.98 Å². The lowest BCUT2D eigenvalue weighted by Gasteiger charge is -2.17. The van der Waals surface area contributed by atoms with Crippen LogP contribution in [-0.4, -0.2) is 15.3 Å². The number of pyridine rings is 1. The quantitative estimate of drug-likeness (QED) is 0.732. The van der Waals surface area contributed by atoms with Gasteiger partial charge in [-0.05, 0) is 30.9 Å². The van der Waals surface area contributed by atoms with E-state index in [9.17, 15) is 4.79 Å². The van der Waals surface area contributed by atoms with Crippen molar-refractivity contribution in [3.63, 3.8) is 0 Å². The van der Waals surface area contributed by atoms with Crippen LogP contribution in [-0.2, 0) is 4.79 Å². The Hall–Kier alpha value is -2.62. The number of nitrogens with one attached hydrogen (secondary N) is 1. The molecule has 2 heterocycles. The van der Waals surface area contributed by atoms with Crippen molar-refractivity contribution in [2.24, 2.45) is 5.41 Å². The smallest absolute Gasteiger partial charge is 0.226 e. The summed E-state index contributed by atoms with van der Waals surface area (Å²) in [5, 5.41) is 3.09. The van der Waals surface area contributed by atoms with Crippen molar-refractivity contribution in [3.05, 3.63) is 53.7 Å². The molecule has 0 aliphatic carbocycles. The van der Waals surface area contributed by atoms with Crippen molar-refractivity contribution in [2.75, 3.05) is 5.32 Å². The fourth-order valence-corrected chi connectivity index (χ4v) is 2.84. The number of nitrogens with zero attached hydrogens (tertiary/aromatic N) is 2. The summed E-state index contributed by atoms with van der Waals surface area (Å²) in [5.41, 5.74) is 4.87. The van der Waals surface area contributed by atoms with E-state index in [0.717, 1.165) is 28.3 Å². The summed E-state index contributed by atoms with van der Waals surface area (Å²) in [6.45, 7) is 10.3. The fourth-order valence-electron chi connectivity index (χ4n) is 2.84. The molecule has 0 atom stereocenters. The van der Waals surface area contributed by atoms with Crippen LogP contribution in [0, 0.1) is 19.3 Å². The normalized spacial score (nSPS) is 11.7. The molecule has 0 saturated carbocycles. The van der Waals surface area contributed by atoms with Crippen molar-refractivity contribution in [3.8, 4) is 11.3 Å². The van der Waals surface area contributed by atoms with E-state index in [-0.39, 0.29) is 11.3 Å². The van der Waals surface area contributed by atoms with Crippen LogP contribution in [0.3, 0.4) is 0 Å². The van der Waals surface area contributed by atoms with E-state index in [1.807, 2.05) is 41.8 Å². The lowest BCUT2D eigenvalue weighted by atomic mass is 9.92. The summed E-state index contributed by atoms with van der Waals surface area (Å²) in [4.78, 5) is 17.3. The number of carbonyl (C=O) groups excluding carboxylic acids is 1. The van der Waals surface area contributed by atoms with Crippen LogP contribution in [0.1, 0.15) is 38.3 Å². The summed E-state index contributed by atoms with van der Waals surface area (Å²) in [6, 6.07) is 12.2. The van der Waals surface area contributed by atoms with Gasteiger partial charge in [-0.2, -0.15) is 0 Å². The first-order valence-electron chi connectivity index (χ1n) is 8.58. The van der Waals surface area contributed by atoms with Crippen molar-refractivity contribution in [2.45, 2.75) is 41.0 Å². The van der Waals surface area contributed by atoms with Crippen LogP contribution in [0.4, 0.5) is 5.82 Å². The Bertz CT molecular complexity index is 915. The Morgan fingerprint density at radius 1 is 1.04 bits per heavy atom. The minimum atomic E-state index is -0.0650. The molecule has 0 unspecified atom stereocenters. The molecule has 1 N–H and O–H groups in total. The number of aromatic nitrogens is 2. The van der Waals surface area contributed by atoms with Gasteiger partial charge in [-0.15, -0.1) is 0 Å². The third-order valence-electron chi connectivity index (χ3n) is 4.04. The third-order valence-corrected chi connectivity index (χ3v) is 4.04. The predicted octanol–water partition coefficient (Wildman–Crippen LogP) is 4.99. The van der Waals surface area contributed by atoms with E-state index < -0.39 is 0 Å². The van der Waals surface area contributed by atoms with Gasteiger partial charge >= 0.3 is 0 Å². The summed E-state index contributed by atoms with van der Waals surface area (Å²) in [5.74, 6) is 0.737. The summed E-state index contributed by atoms with van der Waals surface area (Å²) >= 11 is 0. The molecule has 3 rings (SSSR count). The number of carbonyl (C=O) groups is 1. The number of aryl methyl sites for hydroxylation is 2. The minimum Gasteiger partial charge on any atom is -0.310 e. The molecular formula is C21H25N3O. The molecule has 2 aromatic heterocycles. The van der Waals surface area contributed by atoms with Crippen molar-refractivity contribution in [1.82, 2.24) is 9.38 Å². The van der Waals surface area contributed by atoms with Gasteiger partial charge in [-0.3, -0.25) is 9.20 Å². The molecule has 130 valence electrons. The Morgan fingerprint density at radius 3 is 2.32 bits per heavy atom. The van der Waals surface area contributed by atoms with Crippen molar-refractivity contribution in [1.29, 1.82) is 0 Å². The first-order valence-corrected chi connectivity index (χ1v) is 8.58. The van der Waals surface area contributed by atoms with E-state index in [1.165, 1.54) is 5.56 Å². The van der Waals surface area contributed by atoms with Gasteiger partial charge in [0.05, 0.1) is 0 Å². The number of hydrogen-bond acceptors (Lipinski definition) is 2. The number of hydrogen-bond donors (Lipinski definition) is 1. The number of imidazole rings is 1. The average molecular weight is 335 g/mol. The van der Waals surface area contributed by atoms with E-state index in [4.69, 9.17) is 4.98 Å². The molecule has 0 radical (unpaired) electrons. The van der Waals surface area contributed by atoms with Crippen LogP contribution >= 0.6 is 0 Å². The summed E-state index contributed by atoms with van der Waals surface area (Å²) in [6.07, 6.45) is 2.46. The van der Waals surface area contributed by atoms with Gasteiger partial charge in [0.2, 0.25) is 5.91 Å². The highest BCUT2D eigenvalue weighted by atomic mass is 16.1. The molecule has 4 heteroatoms. The SMILES string of the molecule is Cc1ccc(-c2nc3ccc(C)cn3c2NC(=O)CC(C)(C)C)cc1. The number of fused-ring (bicyclic) bond motifs is 1. The predicted molar refractivity (Wildman–Crippen MR) is 103 cm³/mol. The number of rotatable bonds is 3. The molecule has 1 amide bonds. The standard InChI is InChI=1S/C21H25N3O/c1-14-6-9-16(10-7-14)19-20(23-18(25)12-21(3,4)5)24-13-15(2)8-11-17(24)22-19/h6-11,13H,12H2,1-5H3,(H,23,25). The lowest BCUT2D eigenvalue weighted by molar-refractivity contribution is -0.117. The maximum Gasteiger partial charge on any atom is 0.226 e. The van der Waals surface area contributed by atoms with Crippen LogP contribution in [0.2, 0.25) is 0 Å². The second-order valence-corrected chi connectivity index (χ2v) is 7.90. The molecular weight excluding hydrogens is 310 g/mol. The largest absolute Gasteiger partial charge is 0.310 e. The second kappa shape index (κ2) is 6.36. The zero-order chi connectivity index (χ0) is 18.2. The van der Waals surface area contributed by atoms with E-state index in [2.05, 4.69) is 45.1 Å².